The van der Waals surface area contributed by atoms with Gasteiger partial charge in [0.25, 0.3) is 0 Å². The van der Waals surface area contributed by atoms with Crippen molar-refractivity contribution in [3.8, 4) is 16.9 Å². The molecule has 1 fully saturated rings. The highest BCUT2D eigenvalue weighted by atomic mass is 35.5. The lowest BCUT2D eigenvalue weighted by Crippen LogP contribution is -2.58. The Balaban J connectivity index is 1.06. The van der Waals surface area contributed by atoms with E-state index in [1.807, 2.05) is 194 Å². The number of esters is 3. The Labute approximate surface area is 591 Å². The van der Waals surface area contributed by atoms with Gasteiger partial charge >= 0.3 is 24.0 Å². The largest absolute Gasteiger partial charge is 0.497 e. The van der Waals surface area contributed by atoms with Crippen molar-refractivity contribution in [3.05, 3.63) is 267 Å². The number of amides is 3. The first-order valence-corrected chi connectivity index (χ1v) is 35.7. The van der Waals surface area contributed by atoms with E-state index in [4.69, 9.17) is 35.3 Å². The van der Waals surface area contributed by atoms with Crippen LogP contribution in [0.15, 0.2) is 212 Å². The normalized spacial score (nSPS) is 15.2. The van der Waals surface area contributed by atoms with Crippen molar-refractivity contribution in [2.45, 2.75) is 164 Å². The molecule has 0 radical (unpaired) electrons. The Morgan fingerprint density at radius 3 is 1.40 bits per heavy atom. The average Bonchev–Trinajstić information content (AvgIpc) is 0.961. The molecule has 0 bridgehead atoms. The Bertz CT molecular complexity index is 3950. The summed E-state index contributed by atoms with van der Waals surface area (Å²) < 4.78 is 29.3. The first-order chi connectivity index (χ1) is 47.6. The molecule has 14 nitrogen and oxygen atoms in total. The topological polar surface area (TPSA) is 185 Å². The number of fused-ring (bicyclic) bond motifs is 3. The van der Waals surface area contributed by atoms with Crippen LogP contribution in [-0.4, -0.2) is 84.6 Å². The van der Waals surface area contributed by atoms with Crippen molar-refractivity contribution >= 4 is 59.2 Å². The Kier molecular flexibility index (Phi) is 24.3. The van der Waals surface area contributed by atoms with E-state index in [0.717, 1.165) is 64.6 Å². The fourth-order valence-corrected chi connectivity index (χ4v) is 15.4. The molecule has 99 heavy (non-hydrogen) atoms. The minimum Gasteiger partial charge on any atom is -0.497 e. The highest BCUT2D eigenvalue weighted by Gasteiger charge is 2.46. The molecule has 0 aromatic heterocycles. The lowest BCUT2D eigenvalue weighted by molar-refractivity contribution is -0.159. The summed E-state index contributed by atoms with van der Waals surface area (Å²) in [4.78, 5) is 89.9. The third-order valence-corrected chi connectivity index (χ3v) is 20.1. The molecule has 516 valence electrons. The number of alkyl carbamates (subject to hydrolysis) is 1. The van der Waals surface area contributed by atoms with Gasteiger partial charge in [-0.15, -0.1) is 11.8 Å². The molecule has 0 spiro atoms. The predicted molar refractivity (Wildman–Crippen MR) is 390 cm³/mol. The van der Waals surface area contributed by atoms with Crippen LogP contribution in [0.5, 0.6) is 5.75 Å². The van der Waals surface area contributed by atoms with E-state index < -0.39 is 88.3 Å². The number of carbonyl (C=O) groups is 6. The van der Waals surface area contributed by atoms with Gasteiger partial charge in [-0.05, 0) is 123 Å². The summed E-state index contributed by atoms with van der Waals surface area (Å²) >= 11 is 8.75. The van der Waals surface area contributed by atoms with Gasteiger partial charge in [0.05, 0.1) is 24.7 Å². The molecule has 10 rings (SSSR count). The molecule has 4 atom stereocenters. The molecule has 8 aromatic carbocycles. The summed E-state index contributed by atoms with van der Waals surface area (Å²) in [7, 11) is 1.60. The van der Waals surface area contributed by atoms with Crippen LogP contribution < -0.4 is 20.7 Å². The van der Waals surface area contributed by atoms with Gasteiger partial charge < -0.3 is 39.6 Å². The van der Waals surface area contributed by atoms with Crippen molar-refractivity contribution < 1.29 is 52.5 Å². The molecule has 16 heteroatoms. The van der Waals surface area contributed by atoms with Gasteiger partial charge in [-0.3, -0.25) is 19.2 Å². The lowest BCUT2D eigenvalue weighted by Gasteiger charge is -2.39. The van der Waals surface area contributed by atoms with Crippen LogP contribution >= 0.6 is 23.4 Å². The monoisotopic (exact) mass is 1370 g/mol. The van der Waals surface area contributed by atoms with Gasteiger partial charge in [-0.2, -0.15) is 0 Å². The van der Waals surface area contributed by atoms with Crippen LogP contribution in [0.4, 0.5) is 4.79 Å². The molecule has 3 N–H and O–H groups in total. The number of hydrogen-bond donors (Lipinski definition) is 3. The number of thioether (sulfide) groups is 1. The first kappa shape index (κ1) is 72.6. The second kappa shape index (κ2) is 33.1. The van der Waals surface area contributed by atoms with E-state index in [-0.39, 0.29) is 18.3 Å². The summed E-state index contributed by atoms with van der Waals surface area (Å²) in [5.41, 5.74) is 5.35. The first-order valence-electron chi connectivity index (χ1n) is 34.3. The second-order valence-corrected chi connectivity index (χ2v) is 29.1. The van der Waals surface area contributed by atoms with Crippen LogP contribution in [0.1, 0.15) is 174 Å². The Morgan fingerprint density at radius 1 is 0.475 bits per heavy atom. The molecule has 2 aliphatic carbocycles. The molecular weight excluding hydrogens is 1280 g/mol. The van der Waals surface area contributed by atoms with E-state index in [2.05, 4.69) is 28.1 Å². The molecule has 0 heterocycles. The maximum Gasteiger partial charge on any atom is 0.407 e. The number of methoxy groups -OCH3 is 1. The van der Waals surface area contributed by atoms with Crippen LogP contribution in [0, 0.1) is 0 Å². The molecule has 3 amide bonds. The van der Waals surface area contributed by atoms with Crippen molar-refractivity contribution in [3.63, 3.8) is 0 Å². The summed E-state index contributed by atoms with van der Waals surface area (Å²) in [5, 5.41) is 8.59. The van der Waals surface area contributed by atoms with Gasteiger partial charge in [0.2, 0.25) is 11.8 Å². The number of benzene rings is 8. The summed E-state index contributed by atoms with van der Waals surface area (Å²) in [6.07, 6.45) is 7.96. The zero-order valence-electron chi connectivity index (χ0n) is 57.6. The van der Waals surface area contributed by atoms with Crippen LogP contribution in [0.3, 0.4) is 0 Å². The number of ether oxygens (including phenoxy) is 5. The molecular formula is C83H90ClN3O11S. The van der Waals surface area contributed by atoms with Gasteiger partial charge in [-0.1, -0.05) is 251 Å². The zero-order chi connectivity index (χ0) is 70.2. The Morgan fingerprint density at radius 2 is 0.899 bits per heavy atom. The highest BCUT2D eigenvalue weighted by molar-refractivity contribution is 8.00. The van der Waals surface area contributed by atoms with Crippen molar-refractivity contribution in [2.24, 2.45) is 0 Å². The fraction of sp³-hybridized carbons (Fsp3) is 0.349. The van der Waals surface area contributed by atoms with Gasteiger partial charge in [0.1, 0.15) is 41.7 Å². The summed E-state index contributed by atoms with van der Waals surface area (Å²) in [6, 6.07) is 62.7. The smallest absolute Gasteiger partial charge is 0.407 e. The lowest BCUT2D eigenvalue weighted by atomic mass is 9.78. The minimum absolute atomic E-state index is 0.123. The van der Waals surface area contributed by atoms with E-state index in [9.17, 15) is 14.4 Å². The maximum absolute atomic E-state index is 16.6. The number of hydrogen-bond acceptors (Lipinski definition) is 12. The SMILES string of the molecule is COc1ccc(C(SC[C@H](NC(=O)[C@H](CC(=O)OC(C)(C)C)NC(=O)[C@H](CC(=O)OC(C)(C)C)NC(=O)OCC2c3ccccc3-c3ccccc32)C(=O)OC(c2ccccc2)(c2ccc(C3CCCCCCCCC3)cc2)c2ccccc2Cl)(c2ccccc2)c2ccccc2)cc1. The zero-order valence-corrected chi connectivity index (χ0v) is 59.1. The van der Waals surface area contributed by atoms with Crippen molar-refractivity contribution in [2.75, 3.05) is 19.5 Å². The molecule has 0 aliphatic heterocycles. The third-order valence-electron chi connectivity index (χ3n) is 18.2. The van der Waals surface area contributed by atoms with E-state index in [1.54, 1.807) is 54.7 Å². The van der Waals surface area contributed by atoms with Crippen LogP contribution in [0.25, 0.3) is 11.1 Å². The van der Waals surface area contributed by atoms with E-state index >= 15 is 14.4 Å². The Hall–Kier alpha value is -9.18. The predicted octanol–water partition coefficient (Wildman–Crippen LogP) is 16.9. The van der Waals surface area contributed by atoms with Crippen LogP contribution in [0.2, 0.25) is 5.02 Å². The van der Waals surface area contributed by atoms with Crippen molar-refractivity contribution in [1.29, 1.82) is 0 Å². The van der Waals surface area contributed by atoms with Gasteiger partial charge in [0, 0.05) is 33.4 Å². The average molecular weight is 1370 g/mol. The number of carbonyl (C=O) groups excluding carboxylic acids is 6. The van der Waals surface area contributed by atoms with E-state index in [0.29, 0.717) is 33.4 Å². The quantitative estimate of drug-likeness (QED) is 0.0296. The van der Waals surface area contributed by atoms with Gasteiger partial charge in [-0.25, -0.2) is 9.59 Å². The standard InChI is InChI=1S/C83H90ClN3O11S/c1-80(2,3)96-74(88)52-71(85-77(91)72(53-75(89)97-81(4,5)6)87-79(93)95-54-68-66-40-26-24-38-64(66)65-39-25-27-41-67(65)68)76(90)86-73(55-99-83(60-34-20-14-21-35-60,61-36-22-15-23-37-61)62-48-50-63(94-7)51-49-62)78(92)98-82(58-32-18-13-19-33-58,69-42-28-29-43-70(69)84)59-46-44-57(45-47-59)56-30-16-11-9-8-10-12-17-31-56/h13-15,18-29,32-51,56,68,71-73H,8-12,16-17,30-31,52-55H2,1-7H3,(H,85,91)(H,86,90)(H,87,93)/t71-,72-,73-,82?/m0/s1. The maximum atomic E-state index is 16.6. The molecule has 1 saturated carbocycles. The second-order valence-electron chi connectivity index (χ2n) is 27.5. The molecule has 8 aromatic rings. The fourth-order valence-electron chi connectivity index (χ4n) is 13.6. The number of nitrogens with one attached hydrogen (secondary N) is 3. The minimum atomic E-state index is -1.82. The molecule has 0 saturated heterocycles. The third kappa shape index (κ3) is 18.2. The van der Waals surface area contributed by atoms with Crippen molar-refractivity contribution in [1.82, 2.24) is 16.0 Å². The number of halogens is 1. The summed E-state index contributed by atoms with van der Waals surface area (Å²) in [6.45, 7) is 9.86. The van der Waals surface area contributed by atoms with Gasteiger partial charge in [0.15, 0.2) is 5.60 Å². The molecule has 1 unspecified atom stereocenters. The van der Waals surface area contributed by atoms with E-state index in [1.165, 1.54) is 49.4 Å². The highest BCUT2D eigenvalue weighted by Crippen LogP contribution is 2.51. The molecule has 2 aliphatic rings. The van der Waals surface area contributed by atoms with Crippen LogP contribution in [-0.2, 0) is 53.3 Å². The number of rotatable bonds is 24. The summed E-state index contributed by atoms with van der Waals surface area (Å²) in [5.74, 6) is -4.29.